The molecule has 0 aliphatic carbocycles. The highest BCUT2D eigenvalue weighted by molar-refractivity contribution is 5.38. The monoisotopic (exact) mass is 241 g/mol. The maximum atomic E-state index is 13.1. The smallest absolute Gasteiger partial charge is 0.276 e. The van der Waals surface area contributed by atoms with Gasteiger partial charge in [-0.15, -0.1) is 0 Å². The van der Waals surface area contributed by atoms with Gasteiger partial charge in [-0.1, -0.05) is 0 Å². The van der Waals surface area contributed by atoms with Crippen LogP contribution in [0.5, 0.6) is 5.75 Å². The first-order chi connectivity index (χ1) is 8.15. The van der Waals surface area contributed by atoms with Gasteiger partial charge in [0.25, 0.3) is 5.69 Å². The summed E-state index contributed by atoms with van der Waals surface area (Å²) in [7, 11) is 0. The van der Waals surface area contributed by atoms with Crippen molar-refractivity contribution in [3.05, 3.63) is 34.1 Å². The molecule has 1 heterocycles. The lowest BCUT2D eigenvalue weighted by Gasteiger charge is -2.10. The molecular formula is C11H12FNO4. The van der Waals surface area contributed by atoms with Crippen LogP contribution < -0.4 is 4.74 Å². The number of ether oxygens (including phenoxy) is 2. The highest BCUT2D eigenvalue weighted by Crippen LogP contribution is 2.23. The van der Waals surface area contributed by atoms with Crippen molar-refractivity contribution < 1.29 is 18.8 Å². The Kier molecular flexibility index (Phi) is 3.53. The summed E-state index contributed by atoms with van der Waals surface area (Å²) in [6, 6.07) is 3.23. The van der Waals surface area contributed by atoms with Crippen LogP contribution >= 0.6 is 0 Å². The van der Waals surface area contributed by atoms with Crippen molar-refractivity contribution in [1.82, 2.24) is 0 Å². The minimum absolute atomic E-state index is 0.184. The number of nitro benzene ring substituents is 1. The first kappa shape index (κ1) is 11.8. The van der Waals surface area contributed by atoms with Gasteiger partial charge in [0, 0.05) is 18.6 Å². The van der Waals surface area contributed by atoms with E-state index in [1.54, 1.807) is 0 Å². The summed E-state index contributed by atoms with van der Waals surface area (Å²) in [6.07, 6.45) is 0.900. The summed E-state index contributed by atoms with van der Waals surface area (Å²) in [5.74, 6) is -0.210. The number of hydrogen-bond acceptors (Lipinski definition) is 4. The minimum atomic E-state index is -0.670. The Morgan fingerprint density at radius 3 is 3.00 bits per heavy atom. The minimum Gasteiger partial charge on any atom is -0.493 e. The predicted molar refractivity (Wildman–Crippen MR) is 57.5 cm³/mol. The molecule has 0 N–H and O–H groups in total. The maximum absolute atomic E-state index is 13.1. The molecule has 1 fully saturated rings. The molecular weight excluding hydrogens is 229 g/mol. The number of nitrogens with zero attached hydrogens (tertiary/aromatic N) is 1. The Labute approximate surface area is 97.3 Å². The van der Waals surface area contributed by atoms with Crippen molar-refractivity contribution in [2.24, 2.45) is 5.92 Å². The maximum Gasteiger partial charge on any atom is 0.276 e. The van der Waals surface area contributed by atoms with Gasteiger partial charge in [0.05, 0.1) is 30.3 Å². The second kappa shape index (κ2) is 5.09. The lowest BCUT2D eigenvalue weighted by Crippen LogP contribution is -2.11. The number of hydrogen-bond donors (Lipinski definition) is 0. The third-order valence-electron chi connectivity index (χ3n) is 2.58. The van der Waals surface area contributed by atoms with Crippen LogP contribution in [-0.2, 0) is 4.74 Å². The van der Waals surface area contributed by atoms with Crippen LogP contribution in [0.1, 0.15) is 6.42 Å². The van der Waals surface area contributed by atoms with Gasteiger partial charge in [-0.3, -0.25) is 10.1 Å². The van der Waals surface area contributed by atoms with Gasteiger partial charge in [0.1, 0.15) is 11.6 Å². The summed E-state index contributed by atoms with van der Waals surface area (Å²) >= 11 is 0. The summed E-state index contributed by atoms with van der Waals surface area (Å²) in [4.78, 5) is 9.88. The Morgan fingerprint density at radius 1 is 1.53 bits per heavy atom. The van der Waals surface area contributed by atoms with E-state index < -0.39 is 10.7 Å². The molecule has 0 spiro atoms. The van der Waals surface area contributed by atoms with Crippen LogP contribution in [0, 0.1) is 21.8 Å². The summed E-state index contributed by atoms with van der Waals surface area (Å²) in [5.41, 5.74) is -0.303. The van der Waals surface area contributed by atoms with Crippen LogP contribution in [-0.4, -0.2) is 24.7 Å². The topological polar surface area (TPSA) is 61.6 Å². The van der Waals surface area contributed by atoms with Crippen molar-refractivity contribution in [1.29, 1.82) is 0 Å². The van der Waals surface area contributed by atoms with Crippen molar-refractivity contribution in [3.8, 4) is 5.75 Å². The molecule has 0 saturated carbocycles. The lowest BCUT2D eigenvalue weighted by molar-refractivity contribution is -0.385. The zero-order valence-corrected chi connectivity index (χ0v) is 9.10. The normalized spacial score (nSPS) is 19.2. The Bertz CT molecular complexity index is 418. The second-order valence-electron chi connectivity index (χ2n) is 3.94. The fraction of sp³-hybridized carbons (Fsp3) is 0.455. The number of benzene rings is 1. The molecule has 1 unspecified atom stereocenters. The van der Waals surface area contributed by atoms with E-state index in [4.69, 9.17) is 9.47 Å². The van der Waals surface area contributed by atoms with Gasteiger partial charge in [-0.2, -0.15) is 0 Å². The fourth-order valence-electron chi connectivity index (χ4n) is 1.67. The molecule has 17 heavy (non-hydrogen) atoms. The van der Waals surface area contributed by atoms with Gasteiger partial charge >= 0.3 is 0 Å². The van der Waals surface area contributed by atoms with E-state index in [1.165, 1.54) is 6.07 Å². The highest BCUT2D eigenvalue weighted by Gasteiger charge is 2.17. The average molecular weight is 241 g/mol. The molecule has 0 bridgehead atoms. The first-order valence-corrected chi connectivity index (χ1v) is 5.30. The van der Waals surface area contributed by atoms with E-state index in [0.29, 0.717) is 19.8 Å². The number of halogens is 1. The van der Waals surface area contributed by atoms with Crippen LogP contribution in [0.2, 0.25) is 0 Å². The zero-order valence-electron chi connectivity index (χ0n) is 9.10. The molecule has 5 nitrogen and oxygen atoms in total. The molecule has 0 radical (unpaired) electrons. The quantitative estimate of drug-likeness (QED) is 0.598. The largest absolute Gasteiger partial charge is 0.493 e. The average Bonchev–Trinajstić information content (AvgIpc) is 2.78. The van der Waals surface area contributed by atoms with E-state index in [0.717, 1.165) is 18.6 Å². The Hall–Kier alpha value is -1.69. The van der Waals surface area contributed by atoms with Crippen molar-refractivity contribution in [2.45, 2.75) is 6.42 Å². The van der Waals surface area contributed by atoms with Crippen LogP contribution in [0.25, 0.3) is 0 Å². The second-order valence-corrected chi connectivity index (χ2v) is 3.94. The molecule has 1 atom stereocenters. The van der Waals surface area contributed by atoms with E-state index in [2.05, 4.69) is 0 Å². The van der Waals surface area contributed by atoms with E-state index in [-0.39, 0.29) is 17.4 Å². The van der Waals surface area contributed by atoms with Gasteiger partial charge in [-0.25, -0.2) is 4.39 Å². The third-order valence-corrected chi connectivity index (χ3v) is 2.58. The Morgan fingerprint density at radius 2 is 2.35 bits per heavy atom. The Balaban J connectivity index is 2.01. The summed E-state index contributed by atoms with van der Waals surface area (Å²) < 4.78 is 23.6. The van der Waals surface area contributed by atoms with Gasteiger partial charge in [0.15, 0.2) is 0 Å². The van der Waals surface area contributed by atoms with Crippen molar-refractivity contribution >= 4 is 5.69 Å². The lowest BCUT2D eigenvalue weighted by atomic mass is 10.1. The van der Waals surface area contributed by atoms with Crippen LogP contribution in [0.3, 0.4) is 0 Å². The predicted octanol–water partition coefficient (Wildman–Crippen LogP) is 2.15. The third kappa shape index (κ3) is 3.13. The molecule has 1 aliphatic heterocycles. The summed E-state index contributed by atoms with van der Waals surface area (Å²) in [5, 5.41) is 10.5. The zero-order chi connectivity index (χ0) is 12.3. The molecule has 1 aromatic rings. The van der Waals surface area contributed by atoms with Crippen molar-refractivity contribution in [2.75, 3.05) is 19.8 Å². The number of rotatable bonds is 4. The standard InChI is InChI=1S/C11H12FNO4/c12-9-3-10(13(14)15)5-11(4-9)17-7-8-1-2-16-6-8/h3-5,8H,1-2,6-7H2. The van der Waals surface area contributed by atoms with Crippen molar-refractivity contribution in [3.63, 3.8) is 0 Å². The number of non-ortho nitro benzene ring substituents is 1. The van der Waals surface area contributed by atoms with Gasteiger partial charge in [0.2, 0.25) is 0 Å². The molecule has 1 aliphatic rings. The molecule has 2 rings (SSSR count). The summed E-state index contributed by atoms with van der Waals surface area (Å²) in [6.45, 7) is 1.72. The van der Waals surface area contributed by atoms with Gasteiger partial charge < -0.3 is 9.47 Å². The number of nitro groups is 1. The molecule has 1 aromatic carbocycles. The van der Waals surface area contributed by atoms with Crippen LogP contribution in [0.15, 0.2) is 18.2 Å². The molecule has 6 heteroatoms. The van der Waals surface area contributed by atoms with E-state index >= 15 is 0 Å². The SMILES string of the molecule is O=[N+]([O-])c1cc(F)cc(OCC2CCOC2)c1. The molecule has 1 saturated heterocycles. The van der Waals surface area contributed by atoms with Gasteiger partial charge in [-0.05, 0) is 6.42 Å². The first-order valence-electron chi connectivity index (χ1n) is 5.30. The molecule has 92 valence electrons. The highest BCUT2D eigenvalue weighted by atomic mass is 19.1. The molecule has 0 aromatic heterocycles. The fourth-order valence-corrected chi connectivity index (χ4v) is 1.67. The molecule has 0 amide bonds. The van der Waals surface area contributed by atoms with E-state index in [9.17, 15) is 14.5 Å². The van der Waals surface area contributed by atoms with E-state index in [1.807, 2.05) is 0 Å². The van der Waals surface area contributed by atoms with Crippen LogP contribution in [0.4, 0.5) is 10.1 Å².